The summed E-state index contributed by atoms with van der Waals surface area (Å²) < 4.78 is 10.2. The normalized spacial score (nSPS) is 16.6. The Kier molecular flexibility index (Phi) is 6.90. The standard InChI is InChI=1S/C21H17Cl2NO4S/c1-3-28-21(26)18-19(25)17(10-12-4-7-14(27-2)8-5-12)29-20(18)24-16-9-6-13(22)11-15(16)23/h4-11,25H,3H2,1-2H3. The average Bonchev–Trinajstić information content (AvgIpc) is 3.00. The highest BCUT2D eigenvalue weighted by Gasteiger charge is 2.33. The summed E-state index contributed by atoms with van der Waals surface area (Å²) in [6.07, 6.45) is 1.75. The molecule has 29 heavy (non-hydrogen) atoms. The predicted octanol–water partition coefficient (Wildman–Crippen LogP) is 6.20. The van der Waals surface area contributed by atoms with Gasteiger partial charge in [0.25, 0.3) is 0 Å². The molecule has 0 unspecified atom stereocenters. The highest BCUT2D eigenvalue weighted by molar-refractivity contribution is 8.18. The van der Waals surface area contributed by atoms with Crippen LogP contribution in [0.3, 0.4) is 0 Å². The van der Waals surface area contributed by atoms with Crippen molar-refractivity contribution < 1.29 is 19.4 Å². The first-order valence-corrected chi connectivity index (χ1v) is 10.2. The number of esters is 1. The van der Waals surface area contributed by atoms with E-state index in [2.05, 4.69) is 4.99 Å². The Morgan fingerprint density at radius 2 is 1.93 bits per heavy atom. The van der Waals surface area contributed by atoms with Crippen LogP contribution in [0.25, 0.3) is 6.08 Å². The SMILES string of the molecule is CCOC(=O)C1=C(O)C(=Cc2ccc(OC)cc2)SC1=Nc1ccc(Cl)cc1Cl. The highest BCUT2D eigenvalue weighted by atomic mass is 35.5. The molecule has 0 radical (unpaired) electrons. The summed E-state index contributed by atoms with van der Waals surface area (Å²) in [6, 6.07) is 12.1. The third-order valence-corrected chi connectivity index (χ3v) is 5.47. The quantitative estimate of drug-likeness (QED) is 0.550. The summed E-state index contributed by atoms with van der Waals surface area (Å²) in [7, 11) is 1.59. The molecular formula is C21H17Cl2NO4S. The fraction of sp³-hybridized carbons (Fsp3) is 0.143. The van der Waals surface area contributed by atoms with Crippen molar-refractivity contribution in [3.63, 3.8) is 0 Å². The van der Waals surface area contributed by atoms with Crippen molar-refractivity contribution in [3.05, 3.63) is 74.3 Å². The molecule has 1 N–H and O–H groups in total. The number of methoxy groups -OCH3 is 1. The largest absolute Gasteiger partial charge is 0.506 e. The average molecular weight is 450 g/mol. The Morgan fingerprint density at radius 3 is 2.55 bits per heavy atom. The number of ether oxygens (including phenoxy) is 2. The smallest absolute Gasteiger partial charge is 0.344 e. The van der Waals surface area contributed by atoms with E-state index < -0.39 is 5.97 Å². The van der Waals surface area contributed by atoms with Gasteiger partial charge in [-0.05, 0) is 48.9 Å². The van der Waals surface area contributed by atoms with Crippen LogP contribution in [0.15, 0.2) is 63.7 Å². The van der Waals surface area contributed by atoms with Crippen molar-refractivity contribution >= 4 is 57.7 Å². The molecule has 5 nitrogen and oxygen atoms in total. The van der Waals surface area contributed by atoms with Crippen molar-refractivity contribution in [2.24, 2.45) is 4.99 Å². The van der Waals surface area contributed by atoms with Crippen LogP contribution in [0.5, 0.6) is 5.75 Å². The van der Waals surface area contributed by atoms with Gasteiger partial charge in [0, 0.05) is 5.02 Å². The molecule has 0 amide bonds. The molecule has 0 fully saturated rings. The van der Waals surface area contributed by atoms with Crippen LogP contribution >= 0.6 is 35.0 Å². The third kappa shape index (κ3) is 4.96. The molecule has 2 aromatic carbocycles. The van der Waals surface area contributed by atoms with E-state index in [0.717, 1.165) is 23.1 Å². The van der Waals surface area contributed by atoms with E-state index in [0.29, 0.717) is 25.7 Å². The molecule has 0 atom stereocenters. The third-order valence-electron chi connectivity index (χ3n) is 3.92. The van der Waals surface area contributed by atoms with E-state index in [1.807, 2.05) is 24.3 Å². The summed E-state index contributed by atoms with van der Waals surface area (Å²) >= 11 is 13.3. The maximum Gasteiger partial charge on any atom is 0.344 e. The molecule has 0 bridgehead atoms. The van der Waals surface area contributed by atoms with Crippen LogP contribution in [-0.4, -0.2) is 29.8 Å². The molecule has 2 aromatic rings. The zero-order valence-corrected chi connectivity index (χ0v) is 17.9. The minimum absolute atomic E-state index is 0.00243. The zero-order valence-electron chi connectivity index (χ0n) is 15.6. The second kappa shape index (κ2) is 9.39. The minimum atomic E-state index is -0.653. The zero-order chi connectivity index (χ0) is 21.0. The van der Waals surface area contributed by atoms with E-state index in [4.69, 9.17) is 32.7 Å². The Balaban J connectivity index is 2.03. The number of aliphatic hydroxyl groups excluding tert-OH is 1. The van der Waals surface area contributed by atoms with Gasteiger partial charge < -0.3 is 14.6 Å². The van der Waals surface area contributed by atoms with Crippen LogP contribution in [0.4, 0.5) is 5.69 Å². The maximum atomic E-state index is 12.4. The number of benzene rings is 2. The summed E-state index contributed by atoms with van der Waals surface area (Å²) in [4.78, 5) is 17.4. The van der Waals surface area contributed by atoms with E-state index in [9.17, 15) is 9.90 Å². The fourth-order valence-electron chi connectivity index (χ4n) is 2.52. The molecule has 0 aliphatic carbocycles. The van der Waals surface area contributed by atoms with Gasteiger partial charge in [0.2, 0.25) is 0 Å². The van der Waals surface area contributed by atoms with E-state index >= 15 is 0 Å². The van der Waals surface area contributed by atoms with Gasteiger partial charge in [-0.2, -0.15) is 0 Å². The van der Waals surface area contributed by atoms with Crippen molar-refractivity contribution in [1.82, 2.24) is 0 Å². The Hall–Kier alpha value is -2.41. The second-order valence-corrected chi connectivity index (χ2v) is 7.71. The van der Waals surface area contributed by atoms with Gasteiger partial charge in [-0.15, -0.1) is 0 Å². The molecule has 1 heterocycles. The highest BCUT2D eigenvalue weighted by Crippen LogP contribution is 2.41. The van der Waals surface area contributed by atoms with Crippen molar-refractivity contribution in [2.75, 3.05) is 13.7 Å². The molecule has 150 valence electrons. The molecule has 0 aromatic heterocycles. The van der Waals surface area contributed by atoms with Crippen LogP contribution in [0, 0.1) is 0 Å². The molecule has 0 saturated heterocycles. The van der Waals surface area contributed by atoms with Gasteiger partial charge >= 0.3 is 5.97 Å². The van der Waals surface area contributed by atoms with E-state index in [1.54, 1.807) is 38.3 Å². The van der Waals surface area contributed by atoms with Crippen LogP contribution in [-0.2, 0) is 9.53 Å². The lowest BCUT2D eigenvalue weighted by Gasteiger charge is -2.05. The molecular weight excluding hydrogens is 433 g/mol. The summed E-state index contributed by atoms with van der Waals surface area (Å²) in [5, 5.41) is 11.8. The summed E-state index contributed by atoms with van der Waals surface area (Å²) in [5.41, 5.74) is 1.26. The Labute approximate surface area is 182 Å². The van der Waals surface area contributed by atoms with E-state index in [1.165, 1.54) is 0 Å². The monoisotopic (exact) mass is 449 g/mol. The number of halogens is 2. The summed E-state index contributed by atoms with van der Waals surface area (Å²) in [6.45, 7) is 1.87. The van der Waals surface area contributed by atoms with Crippen LogP contribution in [0.1, 0.15) is 12.5 Å². The number of nitrogens with zero attached hydrogens (tertiary/aromatic N) is 1. The lowest BCUT2D eigenvalue weighted by molar-refractivity contribution is -0.138. The number of carbonyl (C=O) groups is 1. The Bertz CT molecular complexity index is 1030. The van der Waals surface area contributed by atoms with Crippen molar-refractivity contribution in [1.29, 1.82) is 0 Å². The van der Waals surface area contributed by atoms with Gasteiger partial charge in [-0.1, -0.05) is 47.1 Å². The Morgan fingerprint density at radius 1 is 1.21 bits per heavy atom. The van der Waals surface area contributed by atoms with Crippen LogP contribution < -0.4 is 4.74 Å². The number of aliphatic hydroxyl groups is 1. The van der Waals surface area contributed by atoms with E-state index in [-0.39, 0.29) is 17.9 Å². The molecule has 1 aliphatic rings. The minimum Gasteiger partial charge on any atom is -0.506 e. The molecule has 1 aliphatic heterocycles. The fourth-order valence-corrected chi connectivity index (χ4v) is 4.00. The number of hydrogen-bond acceptors (Lipinski definition) is 6. The predicted molar refractivity (Wildman–Crippen MR) is 118 cm³/mol. The second-order valence-electron chi connectivity index (χ2n) is 5.84. The molecule has 8 heteroatoms. The lowest BCUT2D eigenvalue weighted by atomic mass is 10.1. The van der Waals surface area contributed by atoms with Gasteiger partial charge in [0.15, 0.2) is 0 Å². The first-order valence-electron chi connectivity index (χ1n) is 8.61. The van der Waals surface area contributed by atoms with Crippen molar-refractivity contribution in [2.45, 2.75) is 6.92 Å². The number of thioether (sulfide) groups is 1. The molecule has 0 spiro atoms. The van der Waals surface area contributed by atoms with Crippen LogP contribution in [0.2, 0.25) is 10.0 Å². The van der Waals surface area contributed by atoms with Gasteiger partial charge in [-0.25, -0.2) is 9.79 Å². The number of hydrogen-bond donors (Lipinski definition) is 1. The maximum absolute atomic E-state index is 12.4. The van der Waals surface area contributed by atoms with Crippen molar-refractivity contribution in [3.8, 4) is 5.75 Å². The topological polar surface area (TPSA) is 68.1 Å². The number of aliphatic imine (C=N–C) groups is 1. The number of rotatable bonds is 5. The van der Waals surface area contributed by atoms with Gasteiger partial charge in [-0.3, -0.25) is 0 Å². The lowest BCUT2D eigenvalue weighted by Crippen LogP contribution is -2.12. The molecule has 3 rings (SSSR count). The van der Waals surface area contributed by atoms with Gasteiger partial charge in [0.05, 0.1) is 29.3 Å². The summed E-state index contributed by atoms with van der Waals surface area (Å²) in [5.74, 6) is -0.120. The number of carbonyl (C=O) groups excluding carboxylic acids is 1. The van der Waals surface area contributed by atoms with Gasteiger partial charge in [0.1, 0.15) is 22.1 Å². The first kappa shape index (κ1) is 21.3. The first-order chi connectivity index (χ1) is 13.9. The molecule has 0 saturated carbocycles.